The summed E-state index contributed by atoms with van der Waals surface area (Å²) in [5.74, 6) is -0.0504. The van der Waals surface area contributed by atoms with Gasteiger partial charge >= 0.3 is 0 Å². The van der Waals surface area contributed by atoms with Gasteiger partial charge in [-0.2, -0.15) is 0 Å². The number of anilines is 1. The molecule has 4 rings (SSSR count). The molecule has 0 radical (unpaired) electrons. The first-order valence-corrected chi connectivity index (χ1v) is 11.3. The molecule has 0 aliphatic carbocycles. The fourth-order valence-electron chi connectivity index (χ4n) is 3.47. The van der Waals surface area contributed by atoms with Crippen molar-refractivity contribution in [2.75, 3.05) is 11.6 Å². The van der Waals surface area contributed by atoms with E-state index in [-0.39, 0.29) is 11.5 Å². The zero-order valence-electron chi connectivity index (χ0n) is 15.9. The highest BCUT2D eigenvalue weighted by Gasteiger charge is 2.11. The molecule has 4 aromatic rings. The van der Waals surface area contributed by atoms with E-state index < -0.39 is 0 Å². The van der Waals surface area contributed by atoms with Crippen molar-refractivity contribution in [1.29, 1.82) is 0 Å². The Morgan fingerprint density at radius 1 is 1.07 bits per heavy atom. The second kappa shape index (κ2) is 8.47. The van der Waals surface area contributed by atoms with Crippen LogP contribution < -0.4 is 10.9 Å². The second-order valence-electron chi connectivity index (χ2n) is 6.74. The summed E-state index contributed by atoms with van der Waals surface area (Å²) < 4.78 is 4.58. The Balaban J connectivity index is 1.53. The zero-order chi connectivity index (χ0) is 20.4. The van der Waals surface area contributed by atoms with E-state index in [0.29, 0.717) is 24.9 Å². The molecule has 0 spiro atoms. The van der Waals surface area contributed by atoms with Crippen molar-refractivity contribution in [1.82, 2.24) is 8.97 Å². The van der Waals surface area contributed by atoms with Gasteiger partial charge in [0, 0.05) is 34.2 Å². The lowest BCUT2D eigenvalue weighted by molar-refractivity contribution is -0.116. The molecule has 1 N–H and O–H groups in total. The summed E-state index contributed by atoms with van der Waals surface area (Å²) in [6, 6.07) is 17.4. The number of halogens is 1. The number of carbonyl (C=O) groups excluding carboxylic acids is 1. The van der Waals surface area contributed by atoms with Crippen LogP contribution in [0, 0.1) is 0 Å². The Hall–Kier alpha value is -2.51. The lowest BCUT2D eigenvalue weighted by Gasteiger charge is -2.13. The van der Waals surface area contributed by atoms with Crippen molar-refractivity contribution in [3.63, 3.8) is 0 Å². The molecule has 0 saturated carbocycles. The summed E-state index contributed by atoms with van der Waals surface area (Å²) in [4.78, 5) is 26.4. The van der Waals surface area contributed by atoms with E-state index in [4.69, 9.17) is 0 Å². The smallest absolute Gasteiger partial charge is 0.275 e. The third-order valence-corrected chi connectivity index (χ3v) is 6.06. The number of carbonyl (C=O) groups is 1. The third-order valence-electron chi connectivity index (χ3n) is 4.84. The van der Waals surface area contributed by atoms with E-state index in [1.807, 2.05) is 71.5 Å². The van der Waals surface area contributed by atoms with Gasteiger partial charge in [0.05, 0.1) is 11.0 Å². The number of benzene rings is 2. The van der Waals surface area contributed by atoms with Crippen molar-refractivity contribution >= 4 is 55.8 Å². The largest absolute Gasteiger partial charge is 0.326 e. The highest BCUT2D eigenvalue weighted by Crippen LogP contribution is 2.21. The molecule has 1 amide bonds. The number of aromatic nitrogens is 2. The number of fused-ring (bicyclic) bond motifs is 3. The molecule has 5 nitrogen and oxygen atoms in total. The van der Waals surface area contributed by atoms with E-state index in [1.165, 1.54) is 0 Å². The second-order valence-corrected chi connectivity index (χ2v) is 8.53. The summed E-state index contributed by atoms with van der Waals surface area (Å²) in [6.07, 6.45) is 4.82. The molecule has 0 saturated heterocycles. The first-order valence-electron chi connectivity index (χ1n) is 9.30. The maximum atomic E-state index is 13.0. The fraction of sp³-hybridized carbons (Fsp3) is 0.182. The van der Waals surface area contributed by atoms with Crippen LogP contribution in [0.2, 0.25) is 0 Å². The van der Waals surface area contributed by atoms with Crippen molar-refractivity contribution in [3.05, 3.63) is 75.6 Å². The highest BCUT2D eigenvalue weighted by atomic mass is 79.9. The predicted octanol–water partition coefficient (Wildman–Crippen LogP) is 5.16. The molecule has 0 bridgehead atoms. The first-order chi connectivity index (χ1) is 14.1. The van der Waals surface area contributed by atoms with Crippen molar-refractivity contribution < 1.29 is 4.79 Å². The maximum Gasteiger partial charge on any atom is 0.275 e. The Bertz CT molecular complexity index is 1260. The maximum absolute atomic E-state index is 13.0. The summed E-state index contributed by atoms with van der Waals surface area (Å²) >= 11 is 5.13. The van der Waals surface area contributed by atoms with Gasteiger partial charge in [0.15, 0.2) is 0 Å². The van der Waals surface area contributed by atoms with Crippen molar-refractivity contribution in [2.24, 2.45) is 0 Å². The van der Waals surface area contributed by atoms with Gasteiger partial charge in [0.1, 0.15) is 5.52 Å². The molecule has 0 unspecified atom stereocenters. The van der Waals surface area contributed by atoms with E-state index in [1.54, 1.807) is 16.3 Å². The molecule has 7 heteroatoms. The Labute approximate surface area is 180 Å². The quantitative estimate of drug-likeness (QED) is 0.396. The van der Waals surface area contributed by atoms with Gasteiger partial charge < -0.3 is 14.3 Å². The molecule has 2 aromatic carbocycles. The Morgan fingerprint density at radius 2 is 1.93 bits per heavy atom. The zero-order valence-corrected chi connectivity index (χ0v) is 18.3. The average molecular weight is 470 g/mol. The van der Waals surface area contributed by atoms with Gasteiger partial charge in [-0.3, -0.25) is 9.59 Å². The molecule has 148 valence electrons. The first kappa shape index (κ1) is 19.8. The third kappa shape index (κ3) is 4.11. The molecule has 29 heavy (non-hydrogen) atoms. The number of nitrogens with zero attached hydrogens (tertiary/aromatic N) is 2. The van der Waals surface area contributed by atoms with Crippen molar-refractivity contribution in [3.8, 4) is 0 Å². The summed E-state index contributed by atoms with van der Waals surface area (Å²) in [7, 11) is 0. The lowest BCUT2D eigenvalue weighted by Crippen LogP contribution is -2.23. The predicted molar refractivity (Wildman–Crippen MR) is 123 cm³/mol. The lowest BCUT2D eigenvalue weighted by atomic mass is 10.2. The van der Waals surface area contributed by atoms with Gasteiger partial charge in [0.25, 0.3) is 5.56 Å². The number of hydrogen-bond donors (Lipinski definition) is 1. The molecule has 2 heterocycles. The average Bonchev–Trinajstić information content (AvgIpc) is 3.20. The topological polar surface area (TPSA) is 55.5 Å². The fourth-order valence-corrected chi connectivity index (χ4v) is 4.28. The van der Waals surface area contributed by atoms with Gasteiger partial charge in [-0.25, -0.2) is 0 Å². The van der Waals surface area contributed by atoms with Crippen LogP contribution in [0.4, 0.5) is 5.69 Å². The van der Waals surface area contributed by atoms with Crippen LogP contribution in [-0.4, -0.2) is 21.1 Å². The number of rotatable bonds is 6. The van der Waals surface area contributed by atoms with E-state index in [2.05, 4.69) is 21.2 Å². The molecular weight excluding hydrogens is 450 g/mol. The summed E-state index contributed by atoms with van der Waals surface area (Å²) in [6.45, 7) is 0.478. The number of aryl methyl sites for hydroxylation is 1. The molecule has 0 aliphatic heterocycles. The Morgan fingerprint density at radius 3 is 2.76 bits per heavy atom. The minimum absolute atomic E-state index is 0.0475. The van der Waals surface area contributed by atoms with Gasteiger partial charge in [-0.05, 0) is 61.2 Å². The Kier molecular flexibility index (Phi) is 5.78. The number of amides is 1. The number of nitrogens with one attached hydrogen (secondary N) is 1. The van der Waals surface area contributed by atoms with E-state index >= 15 is 0 Å². The van der Waals surface area contributed by atoms with E-state index in [9.17, 15) is 9.59 Å². The normalized spacial score (nSPS) is 11.2. The van der Waals surface area contributed by atoms with Gasteiger partial charge in [-0.1, -0.05) is 22.0 Å². The highest BCUT2D eigenvalue weighted by molar-refractivity contribution is 9.10. The number of thioether (sulfide) groups is 1. The monoisotopic (exact) mass is 469 g/mol. The molecule has 0 atom stereocenters. The standard InChI is InChI=1S/C22H20BrN3O2S/c1-29-17-6-2-5-16(14-17)24-21(27)8-4-12-26-20-13-15(23)9-10-18(20)25-11-3-7-19(25)22(26)28/h2-3,5-7,9-11,13-14H,4,8,12H2,1H3,(H,24,27). The summed E-state index contributed by atoms with van der Waals surface area (Å²) in [5, 5.41) is 2.94. The van der Waals surface area contributed by atoms with E-state index in [0.717, 1.165) is 26.1 Å². The van der Waals surface area contributed by atoms with Crippen LogP contribution in [0.3, 0.4) is 0 Å². The van der Waals surface area contributed by atoms with Crippen LogP contribution in [0.5, 0.6) is 0 Å². The summed E-state index contributed by atoms with van der Waals surface area (Å²) in [5.41, 5.74) is 3.20. The van der Waals surface area contributed by atoms with Gasteiger partial charge in [0.2, 0.25) is 5.91 Å². The minimum atomic E-state index is -0.0504. The van der Waals surface area contributed by atoms with Crippen LogP contribution in [-0.2, 0) is 11.3 Å². The molecular formula is C22H20BrN3O2S. The van der Waals surface area contributed by atoms with Crippen LogP contribution in [0.15, 0.2) is 75.0 Å². The SMILES string of the molecule is CSc1cccc(NC(=O)CCCn2c(=O)c3cccn3c3ccc(Br)cc32)c1. The van der Waals surface area contributed by atoms with Crippen LogP contribution in [0.25, 0.3) is 16.6 Å². The minimum Gasteiger partial charge on any atom is -0.326 e. The van der Waals surface area contributed by atoms with Crippen molar-refractivity contribution in [2.45, 2.75) is 24.3 Å². The molecule has 0 fully saturated rings. The van der Waals surface area contributed by atoms with Crippen LogP contribution >= 0.6 is 27.7 Å². The molecule has 0 aliphatic rings. The van der Waals surface area contributed by atoms with Gasteiger partial charge in [-0.15, -0.1) is 11.8 Å². The number of hydrogen-bond acceptors (Lipinski definition) is 3. The van der Waals surface area contributed by atoms with Crippen LogP contribution in [0.1, 0.15) is 12.8 Å². The molecule has 2 aromatic heterocycles.